The topological polar surface area (TPSA) is 98.5 Å². The summed E-state index contributed by atoms with van der Waals surface area (Å²) >= 11 is 5.68. The molecule has 0 aromatic heterocycles. The molecule has 0 heterocycles. The van der Waals surface area contributed by atoms with Gasteiger partial charge in [-0.15, -0.1) is 0 Å². The van der Waals surface area contributed by atoms with Gasteiger partial charge in [0.15, 0.2) is 6.61 Å². The Morgan fingerprint density at radius 2 is 1.88 bits per heavy atom. The van der Waals surface area contributed by atoms with E-state index in [1.54, 1.807) is 0 Å². The van der Waals surface area contributed by atoms with Crippen LogP contribution in [0.15, 0.2) is 42.5 Å². The lowest BCUT2D eigenvalue weighted by Crippen LogP contribution is -2.28. The molecule has 0 radical (unpaired) electrons. The number of amides is 1. The van der Waals surface area contributed by atoms with Gasteiger partial charge < -0.3 is 10.1 Å². The number of rotatable bonds is 6. The van der Waals surface area contributed by atoms with E-state index in [0.717, 1.165) is 17.2 Å². The third-order valence-electron chi connectivity index (χ3n) is 3.32. The molecule has 0 saturated carbocycles. The minimum atomic E-state index is -0.964. The highest BCUT2D eigenvalue weighted by molar-refractivity contribution is 6.31. The number of carbonyl (C=O) groups is 2. The second-order valence-electron chi connectivity index (χ2n) is 5.26. The first kappa shape index (κ1) is 18.4. The Morgan fingerprint density at radius 1 is 1.20 bits per heavy atom. The van der Waals surface area contributed by atoms with Gasteiger partial charge in [-0.2, -0.15) is 0 Å². The summed E-state index contributed by atoms with van der Waals surface area (Å²) in [5.41, 5.74) is 1.27. The molecule has 1 amide bonds. The van der Waals surface area contributed by atoms with E-state index in [4.69, 9.17) is 16.3 Å². The molecule has 0 bridgehead atoms. The molecule has 0 saturated heterocycles. The van der Waals surface area contributed by atoms with Crippen molar-refractivity contribution in [1.82, 2.24) is 5.32 Å². The van der Waals surface area contributed by atoms with Crippen LogP contribution in [0.3, 0.4) is 0 Å². The number of aryl methyl sites for hydroxylation is 1. The van der Waals surface area contributed by atoms with Gasteiger partial charge in [0.2, 0.25) is 0 Å². The maximum Gasteiger partial charge on any atom is 0.345 e. The monoisotopic (exact) mass is 362 g/mol. The SMILES string of the molecule is Cc1ccc(CNC(=O)COC(=O)c2ccc(Cl)cc2[N+](=O)[O-])cc1. The molecule has 1 N–H and O–H groups in total. The first-order valence-corrected chi connectivity index (χ1v) is 7.68. The lowest BCUT2D eigenvalue weighted by Gasteiger charge is -2.07. The zero-order valence-electron chi connectivity index (χ0n) is 13.3. The highest BCUT2D eigenvalue weighted by Crippen LogP contribution is 2.23. The van der Waals surface area contributed by atoms with Crippen LogP contribution in [0.5, 0.6) is 0 Å². The Bertz CT molecular complexity index is 805. The van der Waals surface area contributed by atoms with Crippen LogP contribution in [0.4, 0.5) is 5.69 Å². The maximum atomic E-state index is 11.9. The molecule has 0 aliphatic carbocycles. The van der Waals surface area contributed by atoms with E-state index in [1.807, 2.05) is 31.2 Å². The Kier molecular flexibility index (Phi) is 6.08. The first-order chi connectivity index (χ1) is 11.9. The summed E-state index contributed by atoms with van der Waals surface area (Å²) in [6.45, 7) is 1.71. The number of nitro groups is 1. The third-order valence-corrected chi connectivity index (χ3v) is 3.56. The molecule has 2 aromatic rings. The van der Waals surface area contributed by atoms with E-state index in [1.165, 1.54) is 12.1 Å². The Balaban J connectivity index is 1.90. The number of nitrogens with one attached hydrogen (secondary N) is 1. The van der Waals surface area contributed by atoms with Crippen molar-refractivity contribution in [1.29, 1.82) is 0 Å². The number of benzene rings is 2. The first-order valence-electron chi connectivity index (χ1n) is 7.30. The Labute approximate surface area is 148 Å². The maximum absolute atomic E-state index is 11.9. The number of carbonyl (C=O) groups excluding carboxylic acids is 2. The number of esters is 1. The average molecular weight is 363 g/mol. The molecule has 0 fully saturated rings. The van der Waals surface area contributed by atoms with Crippen LogP contribution in [0.2, 0.25) is 5.02 Å². The van der Waals surface area contributed by atoms with Crippen molar-refractivity contribution in [2.75, 3.05) is 6.61 Å². The largest absolute Gasteiger partial charge is 0.452 e. The number of nitro benzene ring substituents is 1. The molecule has 7 nitrogen and oxygen atoms in total. The van der Waals surface area contributed by atoms with Crippen LogP contribution in [0, 0.1) is 17.0 Å². The van der Waals surface area contributed by atoms with E-state index in [2.05, 4.69) is 5.32 Å². The quantitative estimate of drug-likeness (QED) is 0.483. The normalized spacial score (nSPS) is 10.2. The van der Waals surface area contributed by atoms with Crippen LogP contribution in [-0.4, -0.2) is 23.4 Å². The number of hydrogen-bond donors (Lipinski definition) is 1. The van der Waals surface area contributed by atoms with Crippen molar-refractivity contribution >= 4 is 29.2 Å². The summed E-state index contributed by atoms with van der Waals surface area (Å²) in [6.07, 6.45) is 0. The third kappa shape index (κ3) is 5.29. The van der Waals surface area contributed by atoms with Crippen molar-refractivity contribution < 1.29 is 19.2 Å². The average Bonchev–Trinajstić information content (AvgIpc) is 2.59. The van der Waals surface area contributed by atoms with Gasteiger partial charge in [-0.25, -0.2) is 4.79 Å². The van der Waals surface area contributed by atoms with Gasteiger partial charge in [0, 0.05) is 17.6 Å². The lowest BCUT2D eigenvalue weighted by atomic mass is 10.1. The lowest BCUT2D eigenvalue weighted by molar-refractivity contribution is -0.385. The molecule has 0 aliphatic rings. The smallest absolute Gasteiger partial charge is 0.345 e. The predicted octanol–water partition coefficient (Wildman–Crippen LogP) is 3.03. The van der Waals surface area contributed by atoms with Crippen molar-refractivity contribution in [3.05, 3.63) is 74.3 Å². The molecule has 2 rings (SSSR count). The number of halogens is 1. The van der Waals surface area contributed by atoms with E-state index >= 15 is 0 Å². The summed E-state index contributed by atoms with van der Waals surface area (Å²) in [6, 6.07) is 11.2. The number of ether oxygens (including phenoxy) is 1. The summed E-state index contributed by atoms with van der Waals surface area (Å²) in [5.74, 6) is -1.47. The van der Waals surface area contributed by atoms with Gasteiger partial charge in [0.05, 0.1) is 4.92 Å². The predicted molar refractivity (Wildman–Crippen MR) is 91.4 cm³/mol. The molecule has 0 spiro atoms. The highest BCUT2D eigenvalue weighted by atomic mass is 35.5. The Morgan fingerprint density at radius 3 is 2.52 bits per heavy atom. The standard InChI is InChI=1S/C17H15ClN2O5/c1-11-2-4-12(5-3-11)9-19-16(21)10-25-17(22)14-7-6-13(18)8-15(14)20(23)24/h2-8H,9-10H2,1H3,(H,19,21). The van der Waals surface area contributed by atoms with Gasteiger partial charge in [0.25, 0.3) is 11.6 Å². The minimum Gasteiger partial charge on any atom is -0.452 e. The van der Waals surface area contributed by atoms with Crippen molar-refractivity contribution in [2.45, 2.75) is 13.5 Å². The molecular formula is C17H15ClN2O5. The fraction of sp³-hybridized carbons (Fsp3) is 0.176. The minimum absolute atomic E-state index is 0.124. The van der Waals surface area contributed by atoms with E-state index in [-0.39, 0.29) is 17.1 Å². The summed E-state index contributed by atoms with van der Waals surface area (Å²) in [4.78, 5) is 33.9. The molecule has 0 aliphatic heterocycles. The van der Waals surface area contributed by atoms with Crippen LogP contribution in [-0.2, 0) is 16.1 Å². The Hall–Kier alpha value is -2.93. The van der Waals surface area contributed by atoms with Crippen molar-refractivity contribution in [3.63, 3.8) is 0 Å². The second-order valence-corrected chi connectivity index (χ2v) is 5.69. The van der Waals surface area contributed by atoms with Crippen molar-refractivity contribution in [2.24, 2.45) is 0 Å². The van der Waals surface area contributed by atoms with Crippen molar-refractivity contribution in [3.8, 4) is 0 Å². The molecule has 130 valence electrons. The molecule has 25 heavy (non-hydrogen) atoms. The summed E-state index contributed by atoms with van der Waals surface area (Å²) in [7, 11) is 0. The molecular weight excluding hydrogens is 348 g/mol. The molecule has 8 heteroatoms. The molecule has 0 atom stereocenters. The van der Waals surface area contributed by atoms with Crippen LogP contribution >= 0.6 is 11.6 Å². The van der Waals surface area contributed by atoms with Gasteiger partial charge in [-0.3, -0.25) is 14.9 Å². The van der Waals surface area contributed by atoms with Crippen LogP contribution in [0.1, 0.15) is 21.5 Å². The van der Waals surface area contributed by atoms with E-state index in [9.17, 15) is 19.7 Å². The van der Waals surface area contributed by atoms with E-state index < -0.39 is 29.1 Å². The van der Waals surface area contributed by atoms with Crippen LogP contribution < -0.4 is 5.32 Å². The van der Waals surface area contributed by atoms with Crippen LogP contribution in [0.25, 0.3) is 0 Å². The van der Waals surface area contributed by atoms with Gasteiger partial charge in [-0.1, -0.05) is 41.4 Å². The van der Waals surface area contributed by atoms with Gasteiger partial charge >= 0.3 is 5.97 Å². The number of hydrogen-bond acceptors (Lipinski definition) is 5. The highest BCUT2D eigenvalue weighted by Gasteiger charge is 2.22. The van der Waals surface area contributed by atoms with E-state index in [0.29, 0.717) is 0 Å². The van der Waals surface area contributed by atoms with Gasteiger partial charge in [-0.05, 0) is 24.6 Å². The molecule has 2 aromatic carbocycles. The summed E-state index contributed by atoms with van der Waals surface area (Å²) < 4.78 is 4.83. The molecule has 0 unspecified atom stereocenters. The zero-order valence-corrected chi connectivity index (χ0v) is 14.1. The fourth-order valence-corrected chi connectivity index (χ4v) is 2.16. The second kappa shape index (κ2) is 8.25. The zero-order chi connectivity index (χ0) is 18.4. The number of nitrogens with zero attached hydrogens (tertiary/aromatic N) is 1. The fourth-order valence-electron chi connectivity index (χ4n) is 1.99. The van der Waals surface area contributed by atoms with Gasteiger partial charge in [0.1, 0.15) is 5.56 Å². The summed E-state index contributed by atoms with van der Waals surface area (Å²) in [5, 5.41) is 13.7.